The Morgan fingerprint density at radius 3 is 2.54 bits per heavy atom. The van der Waals surface area contributed by atoms with Gasteiger partial charge in [0.2, 0.25) is 5.91 Å². The molecule has 0 radical (unpaired) electrons. The summed E-state index contributed by atoms with van der Waals surface area (Å²) in [5.74, 6) is 0.0583. The first-order chi connectivity index (χ1) is 11.5. The van der Waals surface area contributed by atoms with E-state index in [0.717, 1.165) is 11.3 Å². The Bertz CT molecular complexity index is 729. The lowest BCUT2D eigenvalue weighted by atomic mass is 10.0. The molecule has 0 heterocycles. The van der Waals surface area contributed by atoms with E-state index in [1.165, 1.54) is 29.5 Å². The van der Waals surface area contributed by atoms with Crippen LogP contribution in [0.3, 0.4) is 0 Å². The summed E-state index contributed by atoms with van der Waals surface area (Å²) < 4.78 is 0. The molecule has 0 bridgehead atoms. The van der Waals surface area contributed by atoms with E-state index in [-0.39, 0.29) is 17.2 Å². The van der Waals surface area contributed by atoms with E-state index in [4.69, 9.17) is 11.6 Å². The monoisotopic (exact) mass is 359 g/mol. The third kappa shape index (κ3) is 4.14. The molecule has 0 saturated carbocycles. The van der Waals surface area contributed by atoms with Crippen molar-refractivity contribution in [1.82, 2.24) is 5.32 Å². The quantitative estimate of drug-likeness (QED) is 0.744. The maximum atomic E-state index is 12.5. The number of benzene rings is 2. The summed E-state index contributed by atoms with van der Waals surface area (Å²) in [6.07, 6.45) is 3.59. The van der Waals surface area contributed by atoms with Crippen LogP contribution in [0.1, 0.15) is 43.0 Å². The van der Waals surface area contributed by atoms with Crippen molar-refractivity contribution < 1.29 is 4.79 Å². The van der Waals surface area contributed by atoms with Crippen molar-refractivity contribution in [1.29, 1.82) is 0 Å². The highest BCUT2D eigenvalue weighted by Gasteiger charge is 2.19. The fraction of sp³-hybridized carbons (Fsp3) is 0.350. The van der Waals surface area contributed by atoms with Gasteiger partial charge >= 0.3 is 0 Å². The smallest absolute Gasteiger partial charge is 0.233 e. The average Bonchev–Trinajstić information content (AvgIpc) is 3.04. The Morgan fingerprint density at radius 2 is 1.79 bits per heavy atom. The maximum absolute atomic E-state index is 12.5. The molecule has 2 aromatic carbocycles. The van der Waals surface area contributed by atoms with Crippen LogP contribution >= 0.6 is 23.4 Å². The first kappa shape index (κ1) is 17.4. The Hall–Kier alpha value is -1.45. The molecule has 1 amide bonds. The van der Waals surface area contributed by atoms with Gasteiger partial charge in [-0.15, -0.1) is 11.8 Å². The third-order valence-electron chi connectivity index (χ3n) is 4.48. The van der Waals surface area contributed by atoms with Crippen LogP contribution in [0, 0.1) is 0 Å². The van der Waals surface area contributed by atoms with Crippen LogP contribution in [0.5, 0.6) is 0 Å². The van der Waals surface area contributed by atoms with Gasteiger partial charge < -0.3 is 5.32 Å². The van der Waals surface area contributed by atoms with Crippen LogP contribution in [-0.4, -0.2) is 11.2 Å². The first-order valence-corrected chi connectivity index (χ1v) is 9.63. The molecule has 0 saturated heterocycles. The lowest BCUT2D eigenvalue weighted by Crippen LogP contribution is -2.33. The molecule has 4 heteroatoms. The van der Waals surface area contributed by atoms with Crippen molar-refractivity contribution in [2.75, 3.05) is 0 Å². The molecule has 1 aliphatic rings. The van der Waals surface area contributed by atoms with Crippen molar-refractivity contribution in [2.24, 2.45) is 0 Å². The first-order valence-electron chi connectivity index (χ1n) is 8.37. The van der Waals surface area contributed by atoms with E-state index in [1.807, 2.05) is 38.1 Å². The number of rotatable bonds is 5. The van der Waals surface area contributed by atoms with Gasteiger partial charge in [-0.3, -0.25) is 4.79 Å². The highest BCUT2D eigenvalue weighted by molar-refractivity contribution is 8.00. The second-order valence-electron chi connectivity index (χ2n) is 6.33. The summed E-state index contributed by atoms with van der Waals surface area (Å²) in [5.41, 5.74) is 4.09. The number of nitrogens with one attached hydrogen (secondary N) is 1. The second kappa shape index (κ2) is 7.62. The minimum atomic E-state index is -0.150. The summed E-state index contributed by atoms with van der Waals surface area (Å²) in [4.78, 5) is 13.5. The van der Waals surface area contributed by atoms with Gasteiger partial charge in [0, 0.05) is 9.92 Å². The minimum absolute atomic E-state index is 0.0247. The summed E-state index contributed by atoms with van der Waals surface area (Å²) in [6.45, 7) is 3.98. The van der Waals surface area contributed by atoms with Gasteiger partial charge in [-0.2, -0.15) is 0 Å². The fourth-order valence-electron chi connectivity index (χ4n) is 3.05. The predicted molar refractivity (Wildman–Crippen MR) is 102 cm³/mol. The van der Waals surface area contributed by atoms with Crippen molar-refractivity contribution >= 4 is 29.3 Å². The lowest BCUT2D eigenvalue weighted by molar-refractivity contribution is -0.120. The molecule has 2 nitrogen and oxygen atoms in total. The molecule has 1 aliphatic carbocycles. The van der Waals surface area contributed by atoms with Crippen LogP contribution < -0.4 is 5.32 Å². The highest BCUT2D eigenvalue weighted by Crippen LogP contribution is 2.27. The SMILES string of the molecule is CC(Sc1ccc(Cl)cc1)C(=O)NC(C)c1ccc2c(c1)CCC2. The van der Waals surface area contributed by atoms with Crippen LogP contribution in [0.4, 0.5) is 0 Å². The Balaban J connectivity index is 1.60. The molecule has 2 unspecified atom stereocenters. The standard InChI is InChI=1S/C20H22ClNOS/c1-13(16-7-6-15-4-3-5-17(15)12-16)22-20(23)14(2)24-19-10-8-18(21)9-11-19/h6-14H,3-5H2,1-2H3,(H,22,23). The number of hydrogen-bond donors (Lipinski definition) is 1. The second-order valence-corrected chi connectivity index (χ2v) is 8.18. The number of carbonyl (C=O) groups excluding carboxylic acids is 1. The topological polar surface area (TPSA) is 29.1 Å². The van der Waals surface area contributed by atoms with Crippen molar-refractivity contribution in [3.63, 3.8) is 0 Å². The molecule has 2 aromatic rings. The van der Waals surface area contributed by atoms with Crippen LogP contribution in [0.2, 0.25) is 5.02 Å². The van der Waals surface area contributed by atoms with Crippen LogP contribution in [0.25, 0.3) is 0 Å². The van der Waals surface area contributed by atoms with Gasteiger partial charge in [-0.05, 0) is 74.1 Å². The Labute approximate surface area is 153 Å². The van der Waals surface area contributed by atoms with Gasteiger partial charge in [-0.1, -0.05) is 29.8 Å². The molecule has 2 atom stereocenters. The zero-order valence-corrected chi connectivity index (χ0v) is 15.6. The number of fused-ring (bicyclic) bond motifs is 1. The maximum Gasteiger partial charge on any atom is 0.233 e. The highest BCUT2D eigenvalue weighted by atomic mass is 35.5. The van der Waals surface area contributed by atoms with Gasteiger partial charge in [0.1, 0.15) is 0 Å². The largest absolute Gasteiger partial charge is 0.349 e. The van der Waals surface area contributed by atoms with Crippen molar-refractivity contribution in [3.05, 3.63) is 64.2 Å². The third-order valence-corrected chi connectivity index (χ3v) is 5.84. The predicted octanol–water partition coefficient (Wildman–Crippen LogP) is 5.19. The molecular formula is C20H22ClNOS. The van der Waals surface area contributed by atoms with E-state index in [9.17, 15) is 4.79 Å². The number of thioether (sulfide) groups is 1. The zero-order chi connectivity index (χ0) is 17.1. The van der Waals surface area contributed by atoms with Gasteiger partial charge in [0.25, 0.3) is 0 Å². The summed E-state index contributed by atoms with van der Waals surface area (Å²) in [6, 6.07) is 14.2. The molecule has 1 N–H and O–H groups in total. The molecule has 0 spiro atoms. The number of halogens is 1. The minimum Gasteiger partial charge on any atom is -0.349 e. The van der Waals surface area contributed by atoms with Crippen LogP contribution in [0.15, 0.2) is 47.4 Å². The van der Waals surface area contributed by atoms with Gasteiger partial charge in [0.15, 0.2) is 0 Å². The van der Waals surface area contributed by atoms with Crippen molar-refractivity contribution in [2.45, 2.75) is 49.3 Å². The normalized spacial score (nSPS) is 15.6. The molecule has 0 fully saturated rings. The summed E-state index contributed by atoms with van der Waals surface area (Å²) >= 11 is 7.45. The summed E-state index contributed by atoms with van der Waals surface area (Å²) in [7, 11) is 0. The van der Waals surface area contributed by atoms with Crippen molar-refractivity contribution in [3.8, 4) is 0 Å². The number of aryl methyl sites for hydroxylation is 2. The Morgan fingerprint density at radius 1 is 1.08 bits per heavy atom. The van der Waals surface area contributed by atoms with E-state index >= 15 is 0 Å². The molecule has 0 aliphatic heterocycles. The van der Waals surface area contributed by atoms with Crippen LogP contribution in [-0.2, 0) is 17.6 Å². The molecule has 0 aromatic heterocycles. The lowest BCUT2D eigenvalue weighted by Gasteiger charge is -2.18. The molecule has 24 heavy (non-hydrogen) atoms. The molecule has 3 rings (SSSR count). The van der Waals surface area contributed by atoms with Gasteiger partial charge in [0.05, 0.1) is 11.3 Å². The number of carbonyl (C=O) groups is 1. The van der Waals surface area contributed by atoms with E-state index < -0.39 is 0 Å². The van der Waals surface area contributed by atoms with E-state index in [1.54, 1.807) is 11.8 Å². The van der Waals surface area contributed by atoms with E-state index in [0.29, 0.717) is 5.02 Å². The number of amides is 1. The number of hydrogen-bond acceptors (Lipinski definition) is 2. The average molecular weight is 360 g/mol. The zero-order valence-electron chi connectivity index (χ0n) is 14.0. The molecular weight excluding hydrogens is 338 g/mol. The Kier molecular flexibility index (Phi) is 5.52. The van der Waals surface area contributed by atoms with E-state index in [2.05, 4.69) is 23.5 Å². The van der Waals surface area contributed by atoms with Gasteiger partial charge in [-0.25, -0.2) is 0 Å². The molecule has 126 valence electrons. The summed E-state index contributed by atoms with van der Waals surface area (Å²) in [5, 5.41) is 3.69. The fourth-order valence-corrected chi connectivity index (χ4v) is 4.05.